The Morgan fingerprint density at radius 2 is 1.91 bits per heavy atom. The molecule has 4 heteroatoms. The Hall–Kier alpha value is -1.58. The van der Waals surface area contributed by atoms with Crippen LogP contribution in [0.3, 0.4) is 0 Å². The number of nitrogens with one attached hydrogen (secondary N) is 1. The molecule has 1 aromatic heterocycles. The van der Waals surface area contributed by atoms with Crippen LogP contribution in [0.1, 0.15) is 72.0 Å². The predicted octanol–water partition coefficient (Wildman–Crippen LogP) is 2.68. The number of fused-ring (bicyclic) bond motifs is 1. The molecule has 0 bridgehead atoms. The summed E-state index contributed by atoms with van der Waals surface area (Å²) >= 11 is 0. The van der Waals surface area contributed by atoms with Gasteiger partial charge in [-0.25, -0.2) is 9.97 Å². The highest BCUT2D eigenvalue weighted by molar-refractivity contribution is 5.52. The van der Waals surface area contributed by atoms with Crippen molar-refractivity contribution in [1.82, 2.24) is 15.4 Å². The number of hydrogen-bond donors (Lipinski definition) is 1. The van der Waals surface area contributed by atoms with Crippen LogP contribution >= 0.6 is 0 Å². The van der Waals surface area contributed by atoms with E-state index in [-0.39, 0.29) is 0 Å². The number of hydrogen-bond acceptors (Lipinski definition) is 4. The molecule has 2 heterocycles. The van der Waals surface area contributed by atoms with Gasteiger partial charge in [0.05, 0.1) is 10.6 Å². The molecule has 1 N–H and O–H groups in total. The minimum atomic E-state index is 0.403. The van der Waals surface area contributed by atoms with E-state index in [0.717, 1.165) is 47.9 Å². The lowest BCUT2D eigenvalue weighted by atomic mass is 9.89. The molecule has 0 radical (unpaired) electrons. The Morgan fingerprint density at radius 3 is 2.50 bits per heavy atom. The first-order chi connectivity index (χ1) is 10.5. The van der Waals surface area contributed by atoms with Crippen molar-refractivity contribution >= 4 is 18.6 Å². The summed E-state index contributed by atoms with van der Waals surface area (Å²) in [6.45, 7) is 15.3. The molecule has 1 aromatic rings. The first-order valence-corrected chi connectivity index (χ1v) is 8.65. The van der Waals surface area contributed by atoms with Crippen molar-refractivity contribution in [3.8, 4) is 0 Å². The molecule has 1 aliphatic rings. The van der Waals surface area contributed by atoms with E-state index < -0.39 is 0 Å². The maximum Gasteiger partial charge on any atom is 0.160 e. The number of nitrogens with zero attached hydrogens (tertiary/aromatic N) is 3. The van der Waals surface area contributed by atoms with Gasteiger partial charge in [-0.05, 0) is 25.7 Å². The van der Waals surface area contributed by atoms with Crippen LogP contribution in [0, 0.1) is 5.92 Å². The third-order valence-corrected chi connectivity index (χ3v) is 4.85. The van der Waals surface area contributed by atoms with E-state index in [9.17, 15) is 0 Å². The van der Waals surface area contributed by atoms with E-state index in [0.29, 0.717) is 17.9 Å². The van der Waals surface area contributed by atoms with E-state index in [2.05, 4.69) is 51.6 Å². The minimum absolute atomic E-state index is 0.403. The summed E-state index contributed by atoms with van der Waals surface area (Å²) in [6, 6.07) is 0.410. The van der Waals surface area contributed by atoms with Gasteiger partial charge < -0.3 is 5.43 Å². The number of anilines is 1. The van der Waals surface area contributed by atoms with Crippen LogP contribution in [0.25, 0.3) is 12.8 Å². The van der Waals surface area contributed by atoms with E-state index in [1.807, 2.05) is 6.20 Å². The Kier molecular flexibility index (Phi) is 5.43. The number of aromatic nitrogens is 2. The molecule has 0 spiro atoms. The average Bonchev–Trinajstić information content (AvgIpc) is 2.92. The van der Waals surface area contributed by atoms with Crippen molar-refractivity contribution in [2.45, 2.75) is 72.3 Å². The van der Waals surface area contributed by atoms with Gasteiger partial charge in [0.25, 0.3) is 0 Å². The molecule has 0 saturated carbocycles. The van der Waals surface area contributed by atoms with E-state index in [4.69, 9.17) is 9.97 Å². The molecule has 2 rings (SSSR count). The number of rotatable bonds is 7. The van der Waals surface area contributed by atoms with Gasteiger partial charge in [0.2, 0.25) is 0 Å². The zero-order valence-corrected chi connectivity index (χ0v) is 14.7. The van der Waals surface area contributed by atoms with Gasteiger partial charge >= 0.3 is 0 Å². The monoisotopic (exact) mass is 302 g/mol. The largest absolute Gasteiger partial charge is 0.303 e. The van der Waals surface area contributed by atoms with Crippen molar-refractivity contribution in [2.75, 3.05) is 5.01 Å². The smallest absolute Gasteiger partial charge is 0.160 e. The van der Waals surface area contributed by atoms with Crippen LogP contribution in [0.5, 0.6) is 0 Å². The lowest BCUT2D eigenvalue weighted by Crippen LogP contribution is -2.41. The molecule has 4 nitrogen and oxygen atoms in total. The highest BCUT2D eigenvalue weighted by Crippen LogP contribution is 2.27. The Balaban J connectivity index is 2.42. The highest BCUT2D eigenvalue weighted by Gasteiger charge is 2.25. The van der Waals surface area contributed by atoms with Crippen LogP contribution in [-0.2, 0) is 0 Å². The zero-order chi connectivity index (χ0) is 16.3. The van der Waals surface area contributed by atoms with Gasteiger partial charge in [-0.15, -0.1) is 0 Å². The average molecular weight is 302 g/mol. The molecule has 0 fully saturated rings. The van der Waals surface area contributed by atoms with E-state index in [1.54, 1.807) is 0 Å². The highest BCUT2D eigenvalue weighted by atomic mass is 15.5. The zero-order valence-electron chi connectivity index (χ0n) is 14.7. The van der Waals surface area contributed by atoms with Crippen LogP contribution in [0.2, 0.25) is 0 Å². The first-order valence-electron chi connectivity index (χ1n) is 8.65. The van der Waals surface area contributed by atoms with Gasteiger partial charge in [-0.3, -0.25) is 5.01 Å². The molecule has 22 heavy (non-hydrogen) atoms. The quantitative estimate of drug-likeness (QED) is 0.841. The Labute approximate surface area is 134 Å². The SMILES string of the molecule is C=c1nc([C@H](CC)C(C)CC)nc2c1=CNN2C(C)CCC. The third kappa shape index (κ3) is 3.11. The Morgan fingerprint density at radius 1 is 1.18 bits per heavy atom. The fourth-order valence-corrected chi connectivity index (χ4v) is 3.22. The lowest BCUT2D eigenvalue weighted by molar-refractivity contribution is 0.416. The molecule has 0 saturated heterocycles. The number of hydrazine groups is 1. The molecule has 2 unspecified atom stereocenters. The van der Waals surface area contributed by atoms with E-state index >= 15 is 0 Å². The molecule has 1 aliphatic heterocycles. The summed E-state index contributed by atoms with van der Waals surface area (Å²) in [5.74, 6) is 2.94. The summed E-state index contributed by atoms with van der Waals surface area (Å²) in [5.41, 5.74) is 3.34. The second-order valence-electron chi connectivity index (χ2n) is 6.45. The van der Waals surface area contributed by atoms with Crippen molar-refractivity contribution in [3.63, 3.8) is 0 Å². The fraction of sp³-hybridized carbons (Fsp3) is 0.667. The van der Waals surface area contributed by atoms with Crippen molar-refractivity contribution in [3.05, 3.63) is 16.4 Å². The normalized spacial score (nSPS) is 17.4. The van der Waals surface area contributed by atoms with Gasteiger partial charge in [-0.2, -0.15) is 0 Å². The third-order valence-electron chi connectivity index (χ3n) is 4.85. The summed E-state index contributed by atoms with van der Waals surface area (Å²) < 4.78 is 0. The molecule has 0 aliphatic carbocycles. The molecule has 0 aromatic carbocycles. The maximum atomic E-state index is 4.92. The molecule has 0 amide bonds. The second-order valence-corrected chi connectivity index (χ2v) is 6.45. The van der Waals surface area contributed by atoms with Crippen molar-refractivity contribution < 1.29 is 0 Å². The maximum absolute atomic E-state index is 4.92. The van der Waals surface area contributed by atoms with Gasteiger partial charge in [0.15, 0.2) is 5.82 Å². The molecular weight excluding hydrogens is 272 g/mol. The van der Waals surface area contributed by atoms with E-state index in [1.165, 1.54) is 0 Å². The Bertz CT molecular complexity index is 610. The second kappa shape index (κ2) is 7.12. The van der Waals surface area contributed by atoms with Gasteiger partial charge in [-0.1, -0.05) is 47.1 Å². The molecule has 3 atom stereocenters. The van der Waals surface area contributed by atoms with Crippen LogP contribution in [-0.4, -0.2) is 16.0 Å². The fourth-order valence-electron chi connectivity index (χ4n) is 3.22. The first kappa shape index (κ1) is 16.8. The van der Waals surface area contributed by atoms with Crippen molar-refractivity contribution in [1.29, 1.82) is 0 Å². The predicted molar refractivity (Wildman–Crippen MR) is 93.7 cm³/mol. The minimum Gasteiger partial charge on any atom is -0.303 e. The summed E-state index contributed by atoms with van der Waals surface area (Å²) in [5, 5.41) is 4.04. The topological polar surface area (TPSA) is 41.1 Å². The summed E-state index contributed by atoms with van der Waals surface area (Å²) in [6.07, 6.45) is 6.49. The standard InChI is InChI=1S/C18H30N4/c1-7-10-13(5)22-18-16(11-19-22)14(6)20-17(21-18)15(9-3)12(4)8-2/h11-13,15,19H,6-10H2,1-5H3/t12?,13?,15-/m1/s1. The molecular formula is C18H30N4. The van der Waals surface area contributed by atoms with Gasteiger partial charge in [0.1, 0.15) is 5.82 Å². The van der Waals surface area contributed by atoms with Crippen molar-refractivity contribution in [2.24, 2.45) is 5.92 Å². The van der Waals surface area contributed by atoms with Crippen LogP contribution in [0.15, 0.2) is 0 Å². The molecule has 122 valence electrons. The lowest BCUT2D eigenvalue weighted by Gasteiger charge is -2.27. The summed E-state index contributed by atoms with van der Waals surface area (Å²) in [4.78, 5) is 9.62. The van der Waals surface area contributed by atoms with Crippen LogP contribution < -0.4 is 21.0 Å². The van der Waals surface area contributed by atoms with Crippen LogP contribution in [0.4, 0.5) is 5.82 Å². The van der Waals surface area contributed by atoms with Gasteiger partial charge in [0, 0.05) is 18.2 Å². The summed E-state index contributed by atoms with van der Waals surface area (Å²) in [7, 11) is 0.